The van der Waals surface area contributed by atoms with Gasteiger partial charge < -0.3 is 9.80 Å². The summed E-state index contributed by atoms with van der Waals surface area (Å²) >= 11 is 0. The number of pyridine rings is 2. The number of carbonyl (C=O) groups excluding carboxylic acids is 1. The minimum absolute atomic E-state index is 0.0931. The molecule has 5 rings (SSSR count). The van der Waals surface area contributed by atoms with Crippen LogP contribution in [0.1, 0.15) is 61.4 Å². The first-order valence-corrected chi connectivity index (χ1v) is 11.8. The fraction of sp³-hybridized carbons (Fsp3) is 0.500. The van der Waals surface area contributed by atoms with Crippen molar-refractivity contribution in [3.8, 4) is 0 Å². The smallest absolute Gasteiger partial charge is 0.339 e. The molecule has 0 aliphatic carbocycles. The van der Waals surface area contributed by atoms with Crippen LogP contribution in [-0.2, 0) is 13.0 Å². The predicted octanol–water partition coefficient (Wildman–Crippen LogP) is 3.40. The lowest BCUT2D eigenvalue weighted by molar-refractivity contribution is 0.0724. The Labute approximate surface area is 187 Å². The predicted molar refractivity (Wildman–Crippen MR) is 124 cm³/mol. The summed E-state index contributed by atoms with van der Waals surface area (Å²) in [6.45, 7) is 5.26. The molecule has 1 amide bonds. The second kappa shape index (κ2) is 8.76. The molecular formula is C24H30N6O2. The second-order valence-corrected chi connectivity index (χ2v) is 8.79. The van der Waals surface area contributed by atoms with Crippen LogP contribution in [0.15, 0.2) is 35.4 Å². The maximum Gasteiger partial charge on any atom is 0.350 e. The summed E-state index contributed by atoms with van der Waals surface area (Å²) in [6, 6.07) is 5.92. The number of piperidine rings is 1. The fourth-order valence-electron chi connectivity index (χ4n) is 4.74. The third-order valence-corrected chi connectivity index (χ3v) is 6.52. The van der Waals surface area contributed by atoms with Gasteiger partial charge in [-0.25, -0.2) is 14.5 Å². The number of anilines is 2. The molecule has 2 aliphatic heterocycles. The van der Waals surface area contributed by atoms with Crippen LogP contribution in [-0.4, -0.2) is 49.6 Å². The van der Waals surface area contributed by atoms with E-state index in [1.165, 1.54) is 6.42 Å². The van der Waals surface area contributed by atoms with E-state index in [0.29, 0.717) is 17.8 Å². The topological polar surface area (TPSA) is 75.7 Å². The SMILES string of the molecule is CCCCn1nc2cc(N3CCCc4cc(C(=O)N5CCCCC5)cnc43)ccn2c1=O. The van der Waals surface area contributed by atoms with Crippen molar-refractivity contribution in [2.45, 2.75) is 58.4 Å². The van der Waals surface area contributed by atoms with Crippen LogP contribution in [0.25, 0.3) is 5.65 Å². The summed E-state index contributed by atoms with van der Waals surface area (Å²) in [5.41, 5.74) is 3.30. The Morgan fingerprint density at radius 1 is 1.09 bits per heavy atom. The first-order valence-electron chi connectivity index (χ1n) is 11.8. The van der Waals surface area contributed by atoms with E-state index in [9.17, 15) is 9.59 Å². The molecule has 1 saturated heterocycles. The molecule has 0 radical (unpaired) electrons. The number of nitrogens with zero attached hydrogens (tertiary/aromatic N) is 6. The third-order valence-electron chi connectivity index (χ3n) is 6.52. The van der Waals surface area contributed by atoms with Crippen LogP contribution in [0.3, 0.4) is 0 Å². The molecule has 0 unspecified atom stereocenters. The summed E-state index contributed by atoms with van der Waals surface area (Å²) in [5, 5.41) is 4.52. The monoisotopic (exact) mass is 434 g/mol. The molecule has 0 bridgehead atoms. The molecule has 0 N–H and O–H groups in total. The van der Waals surface area contributed by atoms with Gasteiger partial charge in [0, 0.05) is 50.3 Å². The first-order chi connectivity index (χ1) is 15.7. The second-order valence-electron chi connectivity index (χ2n) is 8.79. The number of aromatic nitrogens is 4. The summed E-state index contributed by atoms with van der Waals surface area (Å²) in [7, 11) is 0. The Morgan fingerprint density at radius 2 is 1.94 bits per heavy atom. The molecule has 8 heteroatoms. The number of carbonyl (C=O) groups is 1. The molecule has 0 saturated carbocycles. The Kier molecular flexibility index (Phi) is 5.68. The van der Waals surface area contributed by atoms with Crippen molar-refractivity contribution in [2.75, 3.05) is 24.5 Å². The highest BCUT2D eigenvalue weighted by atomic mass is 16.2. The highest BCUT2D eigenvalue weighted by Crippen LogP contribution is 2.32. The maximum atomic E-state index is 12.9. The van der Waals surface area contributed by atoms with Gasteiger partial charge in [0.05, 0.1) is 5.56 Å². The Balaban J connectivity index is 1.44. The average Bonchev–Trinajstić information content (AvgIpc) is 3.16. The van der Waals surface area contributed by atoms with E-state index < -0.39 is 0 Å². The number of likely N-dealkylation sites (tertiary alicyclic amines) is 1. The van der Waals surface area contributed by atoms with E-state index in [1.54, 1.807) is 21.5 Å². The van der Waals surface area contributed by atoms with E-state index in [4.69, 9.17) is 4.98 Å². The van der Waals surface area contributed by atoms with Crippen LogP contribution in [0.5, 0.6) is 0 Å². The summed E-state index contributed by atoms with van der Waals surface area (Å²) in [4.78, 5) is 34.3. The van der Waals surface area contributed by atoms with Crippen molar-refractivity contribution in [2.24, 2.45) is 0 Å². The van der Waals surface area contributed by atoms with Crippen LogP contribution >= 0.6 is 0 Å². The summed E-state index contributed by atoms with van der Waals surface area (Å²) in [6.07, 6.45) is 10.7. The van der Waals surface area contributed by atoms with Crippen LogP contribution in [0.2, 0.25) is 0 Å². The zero-order valence-corrected chi connectivity index (χ0v) is 18.7. The number of unbranched alkanes of at least 4 members (excludes halogenated alkanes) is 1. The minimum Gasteiger partial charge on any atom is -0.339 e. The van der Waals surface area contributed by atoms with Crippen molar-refractivity contribution >= 4 is 23.1 Å². The van der Waals surface area contributed by atoms with E-state index in [2.05, 4.69) is 16.9 Å². The lowest BCUT2D eigenvalue weighted by Crippen LogP contribution is -2.36. The largest absolute Gasteiger partial charge is 0.350 e. The van der Waals surface area contributed by atoms with Crippen LogP contribution in [0.4, 0.5) is 11.5 Å². The minimum atomic E-state index is -0.0990. The molecule has 0 spiro atoms. The Hall–Kier alpha value is -3.16. The van der Waals surface area contributed by atoms with E-state index in [0.717, 1.165) is 75.2 Å². The number of amides is 1. The van der Waals surface area contributed by atoms with Gasteiger partial charge in [0.1, 0.15) is 5.82 Å². The highest BCUT2D eigenvalue weighted by molar-refractivity contribution is 5.94. The van der Waals surface area contributed by atoms with Gasteiger partial charge in [-0.15, -0.1) is 5.10 Å². The molecule has 168 valence electrons. The Bertz CT molecular complexity index is 1190. The number of hydrogen-bond acceptors (Lipinski definition) is 5. The molecule has 32 heavy (non-hydrogen) atoms. The molecule has 3 aromatic heterocycles. The average molecular weight is 435 g/mol. The molecule has 0 aromatic carbocycles. The van der Waals surface area contributed by atoms with Crippen molar-refractivity contribution in [3.05, 3.63) is 52.2 Å². The summed E-state index contributed by atoms with van der Waals surface area (Å²) in [5.74, 6) is 0.985. The highest BCUT2D eigenvalue weighted by Gasteiger charge is 2.24. The molecule has 5 heterocycles. The quantitative estimate of drug-likeness (QED) is 0.615. The lowest BCUT2D eigenvalue weighted by Gasteiger charge is -2.31. The number of aryl methyl sites for hydroxylation is 2. The van der Waals surface area contributed by atoms with Gasteiger partial charge in [0.25, 0.3) is 5.91 Å². The number of hydrogen-bond donors (Lipinski definition) is 0. The molecule has 3 aromatic rings. The third kappa shape index (κ3) is 3.78. The zero-order chi connectivity index (χ0) is 22.1. The normalized spacial score (nSPS) is 16.4. The Morgan fingerprint density at radius 3 is 2.75 bits per heavy atom. The first kappa shape index (κ1) is 20.7. The van der Waals surface area contributed by atoms with Crippen molar-refractivity contribution in [1.29, 1.82) is 0 Å². The van der Waals surface area contributed by atoms with Crippen molar-refractivity contribution in [3.63, 3.8) is 0 Å². The molecule has 0 atom stereocenters. The van der Waals surface area contributed by atoms with Crippen molar-refractivity contribution in [1.82, 2.24) is 24.1 Å². The molecular weight excluding hydrogens is 404 g/mol. The number of rotatable bonds is 5. The van der Waals surface area contributed by atoms with Gasteiger partial charge in [0.15, 0.2) is 5.65 Å². The van der Waals surface area contributed by atoms with E-state index in [1.807, 2.05) is 23.1 Å². The van der Waals surface area contributed by atoms with Gasteiger partial charge in [-0.2, -0.15) is 0 Å². The maximum absolute atomic E-state index is 12.9. The van der Waals surface area contributed by atoms with Gasteiger partial charge >= 0.3 is 5.69 Å². The lowest BCUT2D eigenvalue weighted by atomic mass is 10.0. The van der Waals surface area contributed by atoms with E-state index in [-0.39, 0.29) is 11.6 Å². The number of fused-ring (bicyclic) bond motifs is 2. The van der Waals surface area contributed by atoms with Gasteiger partial charge in [-0.05, 0) is 56.2 Å². The fourth-order valence-corrected chi connectivity index (χ4v) is 4.74. The van der Waals surface area contributed by atoms with Gasteiger partial charge in [-0.3, -0.25) is 9.20 Å². The molecule has 8 nitrogen and oxygen atoms in total. The van der Waals surface area contributed by atoms with Gasteiger partial charge in [0.2, 0.25) is 0 Å². The molecule has 2 aliphatic rings. The van der Waals surface area contributed by atoms with Crippen LogP contribution < -0.4 is 10.6 Å². The summed E-state index contributed by atoms with van der Waals surface area (Å²) < 4.78 is 3.14. The van der Waals surface area contributed by atoms with Crippen LogP contribution in [0, 0.1) is 0 Å². The van der Waals surface area contributed by atoms with E-state index >= 15 is 0 Å². The zero-order valence-electron chi connectivity index (χ0n) is 18.7. The van der Waals surface area contributed by atoms with Crippen molar-refractivity contribution < 1.29 is 4.79 Å². The standard InChI is InChI=1S/C24H30N6O2/c1-2-3-13-30-24(32)29-14-9-20(16-21(29)26-30)28-12-7-8-18-15-19(17-25-22(18)28)23(31)27-10-5-4-6-11-27/h9,14-17H,2-8,10-13H2,1H3. The van der Waals surface area contributed by atoms with Gasteiger partial charge in [-0.1, -0.05) is 13.3 Å². The molecule has 1 fully saturated rings.